The zero-order chi connectivity index (χ0) is 24.9. The minimum Gasteiger partial charge on any atom is -0.370 e. The van der Waals surface area contributed by atoms with Crippen molar-refractivity contribution in [3.63, 3.8) is 0 Å². The van der Waals surface area contributed by atoms with Crippen LogP contribution in [-0.2, 0) is 29.1 Å². The number of nitrogens with one attached hydrogen (secondary N) is 1. The molecule has 1 N–H and O–H groups in total. The van der Waals surface area contributed by atoms with Gasteiger partial charge in [-0.2, -0.15) is 0 Å². The number of anilines is 1. The number of thiophene rings is 1. The molecule has 10 heteroatoms. The molecule has 5 rings (SSSR count). The molecule has 1 aliphatic heterocycles. The smallest absolute Gasteiger partial charge is 0.337 e. The summed E-state index contributed by atoms with van der Waals surface area (Å²) in [6, 6.07) is 13.1. The second-order valence-electron chi connectivity index (χ2n) is 8.95. The van der Waals surface area contributed by atoms with Crippen LogP contribution in [0.1, 0.15) is 24.3 Å². The van der Waals surface area contributed by atoms with Gasteiger partial charge in [-0.3, -0.25) is 14.2 Å². The lowest BCUT2D eigenvalue weighted by atomic mass is 9.94. The Kier molecular flexibility index (Phi) is 6.09. The number of aromatic nitrogens is 2. The molecule has 0 aliphatic carbocycles. The van der Waals surface area contributed by atoms with E-state index in [2.05, 4.69) is 5.32 Å². The highest BCUT2D eigenvalue weighted by Gasteiger charge is 2.32. The summed E-state index contributed by atoms with van der Waals surface area (Å²) in [4.78, 5) is 41.6. The van der Waals surface area contributed by atoms with Crippen molar-refractivity contribution in [2.75, 3.05) is 5.32 Å². The van der Waals surface area contributed by atoms with Crippen LogP contribution in [0, 0.1) is 0 Å². The summed E-state index contributed by atoms with van der Waals surface area (Å²) >= 11 is 13.3. The summed E-state index contributed by atoms with van der Waals surface area (Å²) in [7, 11) is 0. The van der Waals surface area contributed by atoms with E-state index in [1.54, 1.807) is 48.5 Å². The number of amides is 1. The van der Waals surface area contributed by atoms with Gasteiger partial charge in [-0.1, -0.05) is 23.2 Å². The number of rotatable bonds is 4. The van der Waals surface area contributed by atoms with Crippen LogP contribution in [0.4, 0.5) is 5.69 Å². The third kappa shape index (κ3) is 4.54. The van der Waals surface area contributed by atoms with Gasteiger partial charge in [0.25, 0.3) is 5.56 Å². The first-order chi connectivity index (χ1) is 16.6. The van der Waals surface area contributed by atoms with Gasteiger partial charge in [0.05, 0.1) is 23.3 Å². The Hall–Kier alpha value is -2.91. The van der Waals surface area contributed by atoms with Crippen molar-refractivity contribution in [1.29, 1.82) is 0 Å². The maximum absolute atomic E-state index is 13.7. The molecule has 0 saturated heterocycles. The van der Waals surface area contributed by atoms with Crippen LogP contribution in [0.5, 0.6) is 0 Å². The van der Waals surface area contributed by atoms with Gasteiger partial charge in [-0.05, 0) is 67.9 Å². The molecule has 1 aliphatic rings. The van der Waals surface area contributed by atoms with Gasteiger partial charge in [0.15, 0.2) is 0 Å². The third-order valence-electron chi connectivity index (χ3n) is 5.87. The van der Waals surface area contributed by atoms with Crippen molar-refractivity contribution in [2.24, 2.45) is 0 Å². The molecule has 0 fully saturated rings. The fourth-order valence-electron chi connectivity index (χ4n) is 4.19. The quantitative estimate of drug-likeness (QED) is 0.402. The van der Waals surface area contributed by atoms with Crippen molar-refractivity contribution in [3.8, 4) is 5.69 Å². The molecule has 0 atom stereocenters. The lowest BCUT2D eigenvalue weighted by Gasteiger charge is -2.29. The molecular formula is C25H21Cl2N3O4S. The maximum Gasteiger partial charge on any atom is 0.337 e. The summed E-state index contributed by atoms with van der Waals surface area (Å²) in [5.74, 6) is -0.403. The molecule has 0 unspecified atom stereocenters. The van der Waals surface area contributed by atoms with Gasteiger partial charge in [-0.25, -0.2) is 9.36 Å². The molecule has 4 aromatic rings. The third-order valence-corrected chi connectivity index (χ3v) is 7.60. The Morgan fingerprint density at radius 1 is 1.06 bits per heavy atom. The van der Waals surface area contributed by atoms with Crippen molar-refractivity contribution < 1.29 is 9.53 Å². The standard InChI is InChI=1S/C25H21Cl2N3O4S/c1-25(2)11-18-19(13-34-25)35-23-21(18)22(32)30(17-9-5-15(27)6-10-17)24(33)29(23)12-20(31)28-16-7-3-14(26)4-8-16/h3-10H,11-13H2,1-2H3,(H,28,31). The van der Waals surface area contributed by atoms with Crippen LogP contribution in [-0.4, -0.2) is 20.6 Å². The second-order valence-corrected chi connectivity index (χ2v) is 10.9. The molecule has 7 nitrogen and oxygen atoms in total. The zero-order valence-electron chi connectivity index (χ0n) is 18.9. The molecule has 3 heterocycles. The van der Waals surface area contributed by atoms with E-state index in [1.165, 1.54) is 15.9 Å². The number of halogens is 2. The summed E-state index contributed by atoms with van der Waals surface area (Å²) < 4.78 is 8.39. The Morgan fingerprint density at radius 3 is 2.34 bits per heavy atom. The van der Waals surface area contributed by atoms with Crippen molar-refractivity contribution in [3.05, 3.63) is 89.9 Å². The molecule has 0 spiro atoms. The first-order valence-electron chi connectivity index (χ1n) is 10.9. The number of hydrogen-bond donors (Lipinski definition) is 1. The van der Waals surface area contributed by atoms with Crippen LogP contribution in [0.3, 0.4) is 0 Å². The summed E-state index contributed by atoms with van der Waals surface area (Å²) in [5.41, 5.74) is 0.318. The number of carbonyl (C=O) groups excluding carboxylic acids is 1. The van der Waals surface area contributed by atoms with Crippen molar-refractivity contribution in [1.82, 2.24) is 9.13 Å². The van der Waals surface area contributed by atoms with Crippen LogP contribution >= 0.6 is 34.5 Å². The highest BCUT2D eigenvalue weighted by Crippen LogP contribution is 2.37. The van der Waals surface area contributed by atoms with E-state index >= 15 is 0 Å². The van der Waals surface area contributed by atoms with E-state index in [1.807, 2.05) is 13.8 Å². The Labute approximate surface area is 214 Å². The molecule has 1 amide bonds. The normalized spacial score (nSPS) is 14.6. The molecule has 0 saturated carbocycles. The molecule has 2 aromatic heterocycles. The summed E-state index contributed by atoms with van der Waals surface area (Å²) in [6.07, 6.45) is 0.521. The monoisotopic (exact) mass is 529 g/mol. The average Bonchev–Trinajstić information content (AvgIpc) is 3.17. The number of benzene rings is 2. The number of fused-ring (bicyclic) bond motifs is 3. The SMILES string of the molecule is CC1(C)Cc2c(sc3c2c(=O)n(-c2ccc(Cl)cc2)c(=O)n3CC(=O)Nc2ccc(Cl)cc2)CO1. The fraction of sp³-hybridized carbons (Fsp3) is 0.240. The molecule has 2 aromatic carbocycles. The maximum atomic E-state index is 13.7. The molecular weight excluding hydrogens is 509 g/mol. The van der Waals surface area contributed by atoms with E-state index in [0.717, 1.165) is 15.0 Å². The minimum absolute atomic E-state index is 0.268. The zero-order valence-corrected chi connectivity index (χ0v) is 21.3. The van der Waals surface area contributed by atoms with E-state index in [-0.39, 0.29) is 6.54 Å². The highest BCUT2D eigenvalue weighted by atomic mass is 35.5. The average molecular weight is 530 g/mol. The fourth-order valence-corrected chi connectivity index (χ4v) is 5.66. The van der Waals surface area contributed by atoms with Crippen LogP contribution in [0.15, 0.2) is 58.1 Å². The topological polar surface area (TPSA) is 82.3 Å². The van der Waals surface area contributed by atoms with Crippen molar-refractivity contribution >= 4 is 56.3 Å². The molecule has 35 heavy (non-hydrogen) atoms. The van der Waals surface area contributed by atoms with Gasteiger partial charge in [0.1, 0.15) is 11.4 Å². The van der Waals surface area contributed by atoms with Gasteiger partial charge >= 0.3 is 5.69 Å². The van der Waals surface area contributed by atoms with Gasteiger partial charge in [0.2, 0.25) is 5.91 Å². The number of hydrogen-bond acceptors (Lipinski definition) is 5. The van der Waals surface area contributed by atoms with Crippen LogP contribution in [0.2, 0.25) is 10.0 Å². The highest BCUT2D eigenvalue weighted by molar-refractivity contribution is 7.18. The summed E-state index contributed by atoms with van der Waals surface area (Å²) in [5, 5.41) is 4.25. The molecule has 0 bridgehead atoms. The predicted molar refractivity (Wildman–Crippen MR) is 139 cm³/mol. The van der Waals surface area contributed by atoms with E-state index in [0.29, 0.717) is 44.7 Å². The molecule has 0 radical (unpaired) electrons. The van der Waals surface area contributed by atoms with E-state index in [9.17, 15) is 14.4 Å². The van der Waals surface area contributed by atoms with Crippen molar-refractivity contribution in [2.45, 2.75) is 39.0 Å². The lowest BCUT2D eigenvalue weighted by Crippen LogP contribution is -2.41. The largest absolute Gasteiger partial charge is 0.370 e. The Morgan fingerprint density at radius 2 is 1.69 bits per heavy atom. The first-order valence-corrected chi connectivity index (χ1v) is 12.5. The number of ether oxygens (including phenoxy) is 1. The van der Waals surface area contributed by atoms with E-state index in [4.69, 9.17) is 27.9 Å². The number of nitrogens with zero attached hydrogens (tertiary/aromatic N) is 2. The van der Waals surface area contributed by atoms with Crippen LogP contribution < -0.4 is 16.6 Å². The lowest BCUT2D eigenvalue weighted by molar-refractivity contribution is -0.116. The van der Waals surface area contributed by atoms with Gasteiger partial charge in [0, 0.05) is 27.0 Å². The van der Waals surface area contributed by atoms with Gasteiger partial charge < -0.3 is 10.1 Å². The van der Waals surface area contributed by atoms with Gasteiger partial charge in [-0.15, -0.1) is 11.3 Å². The summed E-state index contributed by atoms with van der Waals surface area (Å²) in [6.45, 7) is 4.00. The minimum atomic E-state index is -0.602. The predicted octanol–water partition coefficient (Wildman–Crippen LogP) is 5.01. The Bertz CT molecular complexity index is 1570. The number of carbonyl (C=O) groups is 1. The van der Waals surface area contributed by atoms with E-state index < -0.39 is 22.8 Å². The molecule has 180 valence electrons. The first kappa shape index (κ1) is 23.8. The second kappa shape index (κ2) is 8.95. The van der Waals surface area contributed by atoms with Crippen LogP contribution in [0.25, 0.3) is 15.9 Å². The Balaban J connectivity index is 1.68.